The van der Waals surface area contributed by atoms with E-state index in [0.29, 0.717) is 10.6 Å². The lowest BCUT2D eigenvalue weighted by Crippen LogP contribution is -1.82. The Balaban J connectivity index is 2.46. The Morgan fingerprint density at radius 3 is 2.47 bits per heavy atom. The number of hydrogen-bond donors (Lipinski definition) is 0. The number of nitriles is 1. The molecule has 1 heterocycles. The predicted octanol–water partition coefficient (Wildman–Crippen LogP) is 3.27. The van der Waals surface area contributed by atoms with Crippen LogP contribution in [0.1, 0.15) is 5.56 Å². The molecule has 1 aromatic heterocycles. The van der Waals surface area contributed by atoms with Crippen molar-refractivity contribution in [2.75, 3.05) is 0 Å². The highest BCUT2D eigenvalue weighted by Gasteiger charge is 1.99. The molecule has 2 aromatic rings. The van der Waals surface area contributed by atoms with E-state index in [4.69, 9.17) is 16.9 Å². The van der Waals surface area contributed by atoms with E-state index >= 15 is 0 Å². The highest BCUT2D eigenvalue weighted by molar-refractivity contribution is 6.30. The SMILES string of the molecule is N#Cc1cncc(-c2ccc(Cl)cc2)c1. The molecule has 0 atom stereocenters. The summed E-state index contributed by atoms with van der Waals surface area (Å²) < 4.78 is 0. The molecule has 2 nitrogen and oxygen atoms in total. The molecule has 0 bridgehead atoms. The summed E-state index contributed by atoms with van der Waals surface area (Å²) in [6, 6.07) is 11.3. The standard InChI is InChI=1S/C12H7ClN2/c13-12-3-1-10(2-4-12)11-5-9(6-14)7-15-8-11/h1-5,7-8H. The van der Waals surface area contributed by atoms with Crippen LogP contribution in [0, 0.1) is 11.3 Å². The van der Waals surface area contributed by atoms with Gasteiger partial charge in [0.25, 0.3) is 0 Å². The second-order valence-electron chi connectivity index (χ2n) is 3.08. The zero-order chi connectivity index (χ0) is 10.7. The predicted molar refractivity (Wildman–Crippen MR) is 59.4 cm³/mol. The van der Waals surface area contributed by atoms with E-state index in [0.717, 1.165) is 11.1 Å². The highest BCUT2D eigenvalue weighted by atomic mass is 35.5. The summed E-state index contributed by atoms with van der Waals surface area (Å²) in [5.41, 5.74) is 2.48. The van der Waals surface area contributed by atoms with Gasteiger partial charge in [-0.25, -0.2) is 0 Å². The largest absolute Gasteiger partial charge is 0.263 e. The topological polar surface area (TPSA) is 36.7 Å². The summed E-state index contributed by atoms with van der Waals surface area (Å²) >= 11 is 5.79. The average molecular weight is 215 g/mol. The molecule has 72 valence electrons. The number of pyridine rings is 1. The first-order chi connectivity index (χ1) is 7.29. The van der Waals surface area contributed by atoms with Crippen LogP contribution in [0.4, 0.5) is 0 Å². The van der Waals surface area contributed by atoms with Gasteiger partial charge in [0.1, 0.15) is 6.07 Å². The van der Waals surface area contributed by atoms with E-state index in [2.05, 4.69) is 11.1 Å². The van der Waals surface area contributed by atoms with E-state index in [1.807, 2.05) is 24.3 Å². The minimum atomic E-state index is 0.558. The molecule has 0 N–H and O–H groups in total. The van der Waals surface area contributed by atoms with E-state index < -0.39 is 0 Å². The van der Waals surface area contributed by atoms with Crippen molar-refractivity contribution < 1.29 is 0 Å². The lowest BCUT2D eigenvalue weighted by Gasteiger charge is -2.00. The summed E-state index contributed by atoms with van der Waals surface area (Å²) in [4.78, 5) is 4.00. The Kier molecular flexibility index (Phi) is 2.66. The molecule has 1 aromatic carbocycles. The van der Waals surface area contributed by atoms with Gasteiger partial charge in [-0.15, -0.1) is 0 Å². The van der Waals surface area contributed by atoms with Crippen LogP contribution in [0.3, 0.4) is 0 Å². The van der Waals surface area contributed by atoms with Gasteiger partial charge in [0.05, 0.1) is 5.56 Å². The molecule has 0 aliphatic rings. The molecule has 0 unspecified atom stereocenters. The maximum Gasteiger partial charge on any atom is 0.101 e. The van der Waals surface area contributed by atoms with Gasteiger partial charge in [0, 0.05) is 23.0 Å². The quantitative estimate of drug-likeness (QED) is 0.731. The molecular formula is C12H7ClN2. The molecule has 0 aliphatic heterocycles. The van der Waals surface area contributed by atoms with Crippen molar-refractivity contribution >= 4 is 11.6 Å². The van der Waals surface area contributed by atoms with Crippen LogP contribution in [0.15, 0.2) is 42.7 Å². The zero-order valence-corrected chi connectivity index (χ0v) is 8.57. The smallest absolute Gasteiger partial charge is 0.101 e. The van der Waals surface area contributed by atoms with E-state index in [9.17, 15) is 0 Å². The first-order valence-corrected chi connectivity index (χ1v) is 4.78. The summed E-state index contributed by atoms with van der Waals surface area (Å²) in [7, 11) is 0. The Hall–Kier alpha value is -1.85. The van der Waals surface area contributed by atoms with Crippen LogP contribution in [0.2, 0.25) is 5.02 Å². The van der Waals surface area contributed by atoms with Gasteiger partial charge in [-0.3, -0.25) is 4.98 Å². The molecule has 0 fully saturated rings. The second kappa shape index (κ2) is 4.12. The molecule has 2 rings (SSSR count). The summed E-state index contributed by atoms with van der Waals surface area (Å²) in [5, 5.41) is 9.44. The van der Waals surface area contributed by atoms with Gasteiger partial charge in [-0.1, -0.05) is 23.7 Å². The van der Waals surface area contributed by atoms with Crippen LogP contribution in [0.25, 0.3) is 11.1 Å². The Morgan fingerprint density at radius 1 is 1.07 bits per heavy atom. The number of aromatic nitrogens is 1. The fourth-order valence-corrected chi connectivity index (χ4v) is 1.43. The number of hydrogen-bond acceptors (Lipinski definition) is 2. The Bertz CT molecular complexity index is 512. The minimum absolute atomic E-state index is 0.558. The lowest BCUT2D eigenvalue weighted by molar-refractivity contribution is 1.30. The first-order valence-electron chi connectivity index (χ1n) is 4.41. The fourth-order valence-electron chi connectivity index (χ4n) is 1.30. The molecule has 0 saturated heterocycles. The number of rotatable bonds is 1. The third-order valence-corrected chi connectivity index (χ3v) is 2.30. The molecular weight excluding hydrogens is 208 g/mol. The second-order valence-corrected chi connectivity index (χ2v) is 3.52. The van der Waals surface area contributed by atoms with Crippen molar-refractivity contribution in [3.63, 3.8) is 0 Å². The summed E-state index contributed by atoms with van der Waals surface area (Å²) in [5.74, 6) is 0. The van der Waals surface area contributed by atoms with Crippen molar-refractivity contribution in [1.82, 2.24) is 4.98 Å². The van der Waals surface area contributed by atoms with Crippen molar-refractivity contribution in [3.8, 4) is 17.2 Å². The third-order valence-electron chi connectivity index (χ3n) is 2.04. The van der Waals surface area contributed by atoms with E-state index in [-0.39, 0.29) is 0 Å². The van der Waals surface area contributed by atoms with Crippen LogP contribution in [0.5, 0.6) is 0 Å². The summed E-state index contributed by atoms with van der Waals surface area (Å²) in [6.07, 6.45) is 3.27. The number of nitrogens with zero attached hydrogens (tertiary/aromatic N) is 2. The molecule has 0 saturated carbocycles. The maximum atomic E-state index is 8.74. The third kappa shape index (κ3) is 2.15. The van der Waals surface area contributed by atoms with Gasteiger partial charge >= 0.3 is 0 Å². The maximum absolute atomic E-state index is 8.74. The van der Waals surface area contributed by atoms with E-state index in [1.165, 1.54) is 0 Å². The minimum Gasteiger partial charge on any atom is -0.263 e. The Morgan fingerprint density at radius 2 is 1.80 bits per heavy atom. The first kappa shape index (κ1) is 9.70. The van der Waals surface area contributed by atoms with Gasteiger partial charge in [-0.2, -0.15) is 5.26 Å². The van der Waals surface area contributed by atoms with Crippen LogP contribution in [-0.4, -0.2) is 4.98 Å². The summed E-state index contributed by atoms with van der Waals surface area (Å²) in [6.45, 7) is 0. The molecule has 0 spiro atoms. The highest BCUT2D eigenvalue weighted by Crippen LogP contribution is 2.21. The normalized spacial score (nSPS) is 9.60. The fraction of sp³-hybridized carbons (Fsp3) is 0. The van der Waals surface area contributed by atoms with Gasteiger partial charge in [-0.05, 0) is 23.8 Å². The van der Waals surface area contributed by atoms with Crippen LogP contribution < -0.4 is 0 Å². The molecule has 0 amide bonds. The van der Waals surface area contributed by atoms with E-state index in [1.54, 1.807) is 18.5 Å². The Labute approximate surface area is 92.8 Å². The van der Waals surface area contributed by atoms with Crippen molar-refractivity contribution in [2.24, 2.45) is 0 Å². The number of benzene rings is 1. The van der Waals surface area contributed by atoms with Gasteiger partial charge < -0.3 is 0 Å². The molecule has 0 radical (unpaired) electrons. The lowest BCUT2D eigenvalue weighted by atomic mass is 10.1. The van der Waals surface area contributed by atoms with Crippen molar-refractivity contribution in [1.29, 1.82) is 5.26 Å². The van der Waals surface area contributed by atoms with Gasteiger partial charge in [0.15, 0.2) is 0 Å². The molecule has 3 heteroatoms. The zero-order valence-electron chi connectivity index (χ0n) is 7.81. The molecule has 15 heavy (non-hydrogen) atoms. The monoisotopic (exact) mass is 214 g/mol. The average Bonchev–Trinajstić information content (AvgIpc) is 2.30. The van der Waals surface area contributed by atoms with Crippen molar-refractivity contribution in [3.05, 3.63) is 53.3 Å². The van der Waals surface area contributed by atoms with Gasteiger partial charge in [0.2, 0.25) is 0 Å². The van der Waals surface area contributed by atoms with Crippen molar-refractivity contribution in [2.45, 2.75) is 0 Å². The van der Waals surface area contributed by atoms with Crippen LogP contribution in [-0.2, 0) is 0 Å². The molecule has 0 aliphatic carbocycles. The number of halogens is 1. The van der Waals surface area contributed by atoms with Crippen LogP contribution >= 0.6 is 11.6 Å².